The Morgan fingerprint density at radius 1 is 0.667 bits per heavy atom. The second-order valence-electron chi connectivity index (χ2n) is 5.66. The van der Waals surface area contributed by atoms with Crippen molar-refractivity contribution in [2.45, 2.75) is 0 Å². The molecule has 0 aromatic heterocycles. The van der Waals surface area contributed by atoms with Gasteiger partial charge in [-0.1, -0.05) is 18.2 Å². The molecule has 2 aromatic rings. The summed E-state index contributed by atoms with van der Waals surface area (Å²) < 4.78 is 47.0. The number of hydrogen-bond donors (Lipinski definition) is 4. The van der Waals surface area contributed by atoms with Gasteiger partial charge in [0, 0.05) is 0 Å². The third-order valence-electron chi connectivity index (χ3n) is 3.56. The van der Waals surface area contributed by atoms with Crippen LogP contribution >= 0.6 is 15.6 Å². The number of phosphoric acid groups is 2. The predicted octanol–water partition coefficient (Wildman–Crippen LogP) is 2.83. The number of benzene rings is 2. The first-order valence-electron chi connectivity index (χ1n) is 8.08. The average molecular weight is 462 g/mol. The first-order valence-corrected chi connectivity index (χ1v) is 11.1. The molecule has 0 radical (unpaired) electrons. The highest BCUT2D eigenvalue weighted by molar-refractivity contribution is 7.47. The Balaban J connectivity index is 2.44. The van der Waals surface area contributed by atoms with Crippen molar-refractivity contribution in [1.82, 2.24) is 0 Å². The van der Waals surface area contributed by atoms with E-state index in [0.717, 1.165) is 0 Å². The van der Waals surface area contributed by atoms with Crippen molar-refractivity contribution >= 4 is 27.8 Å². The molecule has 13 heteroatoms. The largest absolute Gasteiger partial charge is 0.524 e. The molecule has 0 atom stereocenters. The molecular formula is C17H20O11P2. The van der Waals surface area contributed by atoms with Gasteiger partial charge in [-0.25, -0.2) is 9.13 Å². The van der Waals surface area contributed by atoms with Crippen molar-refractivity contribution in [3.05, 3.63) is 41.5 Å². The second-order valence-corrected chi connectivity index (χ2v) is 7.99. The third kappa shape index (κ3) is 6.77. The zero-order chi connectivity index (χ0) is 22.5. The van der Waals surface area contributed by atoms with Crippen LogP contribution in [0.3, 0.4) is 0 Å². The van der Waals surface area contributed by atoms with Crippen molar-refractivity contribution in [2.75, 3.05) is 21.3 Å². The average Bonchev–Trinajstić information content (AvgIpc) is 2.63. The van der Waals surface area contributed by atoms with Crippen LogP contribution in [-0.2, 0) is 9.13 Å². The van der Waals surface area contributed by atoms with E-state index in [9.17, 15) is 9.13 Å². The third-order valence-corrected chi connectivity index (χ3v) is 4.43. The normalized spacial score (nSPS) is 12.0. The number of methoxy groups -OCH3 is 3. The first-order chi connectivity index (χ1) is 14.0. The van der Waals surface area contributed by atoms with Crippen LogP contribution in [0.1, 0.15) is 11.1 Å². The molecule has 0 saturated heterocycles. The number of hydrogen-bond acceptors (Lipinski definition) is 7. The molecule has 11 nitrogen and oxygen atoms in total. The van der Waals surface area contributed by atoms with Crippen LogP contribution in [0.25, 0.3) is 12.2 Å². The fraction of sp³-hybridized carbons (Fsp3) is 0.176. The monoisotopic (exact) mass is 462 g/mol. The summed E-state index contributed by atoms with van der Waals surface area (Å²) in [6, 6.07) is 7.28. The molecule has 0 spiro atoms. The van der Waals surface area contributed by atoms with Crippen LogP contribution in [0.5, 0.6) is 28.7 Å². The summed E-state index contributed by atoms with van der Waals surface area (Å²) in [6.07, 6.45) is 3.12. The maximum Gasteiger partial charge on any atom is 0.524 e. The summed E-state index contributed by atoms with van der Waals surface area (Å²) in [4.78, 5) is 36.3. The lowest BCUT2D eigenvalue weighted by Crippen LogP contribution is -1.97. The Labute approximate surface area is 171 Å². The smallest absolute Gasteiger partial charge is 0.493 e. The van der Waals surface area contributed by atoms with Gasteiger partial charge < -0.3 is 23.3 Å². The quantitative estimate of drug-likeness (QED) is 0.320. The van der Waals surface area contributed by atoms with Crippen LogP contribution in [0, 0.1) is 0 Å². The summed E-state index contributed by atoms with van der Waals surface area (Å²) in [5, 5.41) is 0. The first kappa shape index (κ1) is 23.8. The molecule has 0 fully saturated rings. The van der Waals surface area contributed by atoms with E-state index >= 15 is 0 Å². The standard InChI is InChI=1S/C17H20O11P2/c1-24-13-7-6-11(8-14(13)27-29(18,19)20)4-5-12-9-15(25-2)17(26-3)16(10-12)28-30(21,22)23/h4-10H,1-3H3,(H2,18,19,20)(H2,21,22,23)/b5-4-. The minimum atomic E-state index is -4.85. The summed E-state index contributed by atoms with van der Waals surface area (Å²) >= 11 is 0. The molecule has 30 heavy (non-hydrogen) atoms. The maximum absolute atomic E-state index is 11.2. The maximum atomic E-state index is 11.2. The molecule has 164 valence electrons. The van der Waals surface area contributed by atoms with Crippen LogP contribution in [-0.4, -0.2) is 40.9 Å². The van der Waals surface area contributed by atoms with Gasteiger partial charge in [0.1, 0.15) is 0 Å². The lowest BCUT2D eigenvalue weighted by molar-refractivity contribution is 0.272. The van der Waals surface area contributed by atoms with Crippen molar-refractivity contribution in [3.8, 4) is 28.7 Å². The molecule has 0 aliphatic rings. The van der Waals surface area contributed by atoms with E-state index in [1.54, 1.807) is 24.3 Å². The Morgan fingerprint density at radius 2 is 1.17 bits per heavy atom. The van der Waals surface area contributed by atoms with Gasteiger partial charge in [0.05, 0.1) is 21.3 Å². The van der Waals surface area contributed by atoms with Crippen LogP contribution in [0.2, 0.25) is 0 Å². The SMILES string of the molecule is COc1ccc(/C=C\c2cc(OC)c(OC)c(OP(=O)(O)O)c2)cc1OP(=O)(O)O. The molecule has 0 saturated carbocycles. The topological polar surface area (TPSA) is 161 Å². The van der Waals surface area contributed by atoms with E-state index in [1.807, 2.05) is 0 Å². The molecule has 0 heterocycles. The summed E-state index contributed by atoms with van der Waals surface area (Å²) in [6.45, 7) is 0. The van der Waals surface area contributed by atoms with Gasteiger partial charge in [-0.2, -0.15) is 0 Å². The Morgan fingerprint density at radius 3 is 1.70 bits per heavy atom. The Bertz CT molecular complexity index is 1020. The van der Waals surface area contributed by atoms with Crippen molar-refractivity contribution in [1.29, 1.82) is 0 Å². The van der Waals surface area contributed by atoms with Crippen LogP contribution < -0.4 is 23.3 Å². The Hall–Kier alpha value is -2.52. The van der Waals surface area contributed by atoms with E-state index in [-0.39, 0.29) is 28.7 Å². The Kier molecular flexibility index (Phi) is 7.54. The van der Waals surface area contributed by atoms with Gasteiger partial charge in [0.2, 0.25) is 5.75 Å². The van der Waals surface area contributed by atoms with E-state index in [0.29, 0.717) is 11.1 Å². The fourth-order valence-electron chi connectivity index (χ4n) is 2.43. The fourth-order valence-corrected chi connectivity index (χ4v) is 3.22. The molecule has 0 bridgehead atoms. The van der Waals surface area contributed by atoms with Gasteiger partial charge in [-0.05, 0) is 35.4 Å². The minimum absolute atomic E-state index is 0.000229. The highest BCUT2D eigenvalue weighted by Gasteiger charge is 2.22. The zero-order valence-corrected chi connectivity index (χ0v) is 17.9. The molecule has 0 amide bonds. The molecular weight excluding hydrogens is 442 g/mol. The van der Waals surface area contributed by atoms with Crippen LogP contribution in [0.4, 0.5) is 0 Å². The molecule has 4 N–H and O–H groups in total. The molecule has 2 rings (SSSR count). The minimum Gasteiger partial charge on any atom is -0.493 e. The van der Waals surface area contributed by atoms with Gasteiger partial charge >= 0.3 is 15.6 Å². The molecule has 2 aromatic carbocycles. The number of ether oxygens (including phenoxy) is 3. The number of phosphoric ester groups is 2. The highest BCUT2D eigenvalue weighted by atomic mass is 31.2. The van der Waals surface area contributed by atoms with Gasteiger partial charge in [0.25, 0.3) is 0 Å². The van der Waals surface area contributed by atoms with E-state index in [4.69, 9.17) is 33.8 Å². The van der Waals surface area contributed by atoms with Crippen molar-refractivity contribution in [2.24, 2.45) is 0 Å². The van der Waals surface area contributed by atoms with E-state index in [1.165, 1.54) is 39.5 Å². The van der Waals surface area contributed by atoms with Gasteiger partial charge in [-0.3, -0.25) is 19.6 Å². The predicted molar refractivity (Wildman–Crippen MR) is 107 cm³/mol. The van der Waals surface area contributed by atoms with Crippen molar-refractivity contribution < 1.29 is 52.0 Å². The summed E-state index contributed by atoms with van der Waals surface area (Å²) in [5.41, 5.74) is 0.927. The zero-order valence-electron chi connectivity index (χ0n) is 16.1. The van der Waals surface area contributed by atoms with Gasteiger partial charge in [0.15, 0.2) is 23.0 Å². The number of rotatable bonds is 9. The highest BCUT2D eigenvalue weighted by Crippen LogP contribution is 2.47. The second kappa shape index (κ2) is 9.53. The lowest BCUT2D eigenvalue weighted by Gasteiger charge is -2.15. The van der Waals surface area contributed by atoms with Crippen LogP contribution in [0.15, 0.2) is 30.3 Å². The van der Waals surface area contributed by atoms with Gasteiger partial charge in [-0.15, -0.1) is 0 Å². The molecule has 0 unspecified atom stereocenters. The van der Waals surface area contributed by atoms with Crippen molar-refractivity contribution in [3.63, 3.8) is 0 Å². The summed E-state index contributed by atoms with van der Waals surface area (Å²) in [7, 11) is -5.69. The molecule has 0 aliphatic heterocycles. The molecule has 0 aliphatic carbocycles. The summed E-state index contributed by atoms with van der Waals surface area (Å²) in [5.74, 6) is -0.0991. The van der Waals surface area contributed by atoms with E-state index < -0.39 is 15.6 Å². The van der Waals surface area contributed by atoms with E-state index in [2.05, 4.69) is 9.05 Å². The lowest BCUT2D eigenvalue weighted by atomic mass is 10.1.